The number of ether oxygens (including phenoxy) is 1. The zero-order valence-electron chi connectivity index (χ0n) is 20.2. The minimum Gasteiger partial charge on any atom is -0.388 e. The first kappa shape index (κ1) is 23.3. The average molecular weight is 482 g/mol. The Kier molecular flexibility index (Phi) is 6.21. The molecule has 0 radical (unpaired) electrons. The lowest BCUT2D eigenvalue weighted by molar-refractivity contribution is -0.0489. The van der Waals surface area contributed by atoms with Gasteiger partial charge in [0, 0.05) is 46.9 Å². The van der Waals surface area contributed by atoms with Crippen molar-refractivity contribution in [1.82, 2.24) is 43.9 Å². The summed E-state index contributed by atoms with van der Waals surface area (Å²) >= 11 is 0. The second-order valence-corrected chi connectivity index (χ2v) is 9.23. The van der Waals surface area contributed by atoms with E-state index in [9.17, 15) is 5.11 Å². The Labute approximate surface area is 202 Å². The summed E-state index contributed by atoms with van der Waals surface area (Å²) in [6.45, 7) is 6.11. The second kappa shape index (κ2) is 9.32. The van der Waals surface area contributed by atoms with Crippen LogP contribution in [-0.2, 0) is 11.3 Å². The number of aromatic nitrogens is 8. The predicted molar refractivity (Wildman–Crippen MR) is 131 cm³/mol. The molecule has 4 aromatic heterocycles. The first-order valence-corrected chi connectivity index (χ1v) is 11.6. The third-order valence-electron chi connectivity index (χ3n) is 6.84. The fourth-order valence-corrected chi connectivity index (χ4v) is 4.67. The smallest absolute Gasteiger partial charge is 0.165 e. The van der Waals surface area contributed by atoms with Gasteiger partial charge in [-0.05, 0) is 13.3 Å². The van der Waals surface area contributed by atoms with Crippen LogP contribution in [0.5, 0.6) is 0 Å². The molecule has 0 unspecified atom stereocenters. The summed E-state index contributed by atoms with van der Waals surface area (Å²) in [7, 11) is 3.69. The Morgan fingerprint density at radius 2 is 1.86 bits per heavy atom. The molecule has 0 saturated carbocycles. The number of likely N-dealkylation sites (tertiary alicyclic amines) is 1. The van der Waals surface area contributed by atoms with Crippen LogP contribution in [0.15, 0.2) is 25.3 Å². The van der Waals surface area contributed by atoms with Crippen molar-refractivity contribution in [1.29, 1.82) is 0 Å². The highest BCUT2D eigenvalue weighted by atomic mass is 16.5. The van der Waals surface area contributed by atoms with Gasteiger partial charge in [0.15, 0.2) is 28.4 Å². The number of imidazole rings is 2. The van der Waals surface area contributed by atoms with E-state index in [0.29, 0.717) is 43.1 Å². The molecule has 1 aliphatic heterocycles. The van der Waals surface area contributed by atoms with Gasteiger partial charge in [-0.15, -0.1) is 0 Å². The van der Waals surface area contributed by atoms with Crippen LogP contribution < -0.4 is 10.6 Å². The lowest BCUT2D eigenvalue weighted by Gasteiger charge is -2.43. The van der Waals surface area contributed by atoms with E-state index < -0.39 is 5.60 Å². The highest BCUT2D eigenvalue weighted by Gasteiger charge is 2.39. The summed E-state index contributed by atoms with van der Waals surface area (Å²) in [5.41, 5.74) is 7.82. The molecule has 0 bridgehead atoms. The highest BCUT2D eigenvalue weighted by Crippen LogP contribution is 2.34. The van der Waals surface area contributed by atoms with Crippen molar-refractivity contribution >= 4 is 34.0 Å². The van der Waals surface area contributed by atoms with Gasteiger partial charge in [0.05, 0.1) is 30.9 Å². The van der Waals surface area contributed by atoms with Gasteiger partial charge < -0.3 is 29.6 Å². The van der Waals surface area contributed by atoms with E-state index in [1.165, 1.54) is 6.33 Å². The van der Waals surface area contributed by atoms with Crippen LogP contribution >= 0.6 is 0 Å². The largest absolute Gasteiger partial charge is 0.388 e. The van der Waals surface area contributed by atoms with Gasteiger partial charge in [0.25, 0.3) is 0 Å². The number of methoxy groups -OCH3 is 1. The topological polar surface area (TPSA) is 149 Å². The van der Waals surface area contributed by atoms with Gasteiger partial charge in [0.2, 0.25) is 0 Å². The lowest BCUT2D eigenvalue weighted by atomic mass is 9.88. The standard InChI is InChI=1S/C22H31N11O2/c1-22(34)4-5-31(10-15(22)33-14-29-16-18(23)24-11-27-21(16)33)7-6-30(2)19-17-20(26-12-25-19)32(13-28-17)8-9-35-3/h11-15,34H,4-10H2,1-3H3,(H2,23,24,27)/t15-,22-/m1/s1. The van der Waals surface area contributed by atoms with Crippen LogP contribution in [0.3, 0.4) is 0 Å². The van der Waals surface area contributed by atoms with Crippen LogP contribution in [0.1, 0.15) is 19.4 Å². The lowest BCUT2D eigenvalue weighted by Crippen LogP contribution is -2.52. The molecule has 1 saturated heterocycles. The summed E-state index contributed by atoms with van der Waals surface area (Å²) < 4.78 is 9.08. The third-order valence-corrected chi connectivity index (χ3v) is 6.84. The molecule has 13 heteroatoms. The van der Waals surface area contributed by atoms with E-state index >= 15 is 0 Å². The Balaban J connectivity index is 1.30. The first-order valence-electron chi connectivity index (χ1n) is 11.6. The van der Waals surface area contributed by atoms with Crippen LogP contribution in [0.25, 0.3) is 22.3 Å². The van der Waals surface area contributed by atoms with Gasteiger partial charge in [-0.25, -0.2) is 29.9 Å². The van der Waals surface area contributed by atoms with Gasteiger partial charge in [-0.2, -0.15) is 0 Å². The quantitative estimate of drug-likeness (QED) is 0.358. The van der Waals surface area contributed by atoms with E-state index in [4.69, 9.17) is 10.5 Å². The molecule has 1 aliphatic rings. The molecule has 2 atom stereocenters. The summed E-state index contributed by atoms with van der Waals surface area (Å²) in [6.07, 6.45) is 7.11. The number of fused-ring (bicyclic) bond motifs is 2. The van der Waals surface area contributed by atoms with E-state index in [1.807, 2.05) is 23.1 Å². The molecule has 1 fully saturated rings. The van der Waals surface area contributed by atoms with Crippen molar-refractivity contribution in [3.05, 3.63) is 25.3 Å². The molecule has 35 heavy (non-hydrogen) atoms. The Bertz CT molecular complexity index is 1320. The van der Waals surface area contributed by atoms with Gasteiger partial charge in [-0.1, -0.05) is 0 Å². The maximum Gasteiger partial charge on any atom is 0.165 e. The summed E-state index contributed by atoms with van der Waals surface area (Å²) in [5.74, 6) is 1.13. The van der Waals surface area contributed by atoms with Crippen molar-refractivity contribution in [2.75, 3.05) is 57.6 Å². The molecule has 5 heterocycles. The number of nitrogens with two attached hydrogens (primary N) is 1. The fourth-order valence-electron chi connectivity index (χ4n) is 4.67. The number of piperidine rings is 1. The Hall–Kier alpha value is -3.42. The number of likely N-dealkylation sites (N-methyl/N-ethyl adjacent to an activating group) is 1. The minimum absolute atomic E-state index is 0.219. The second-order valence-electron chi connectivity index (χ2n) is 9.23. The number of aliphatic hydroxyl groups is 1. The maximum atomic E-state index is 11.2. The van der Waals surface area contributed by atoms with E-state index in [0.717, 1.165) is 36.6 Å². The Morgan fingerprint density at radius 1 is 1.09 bits per heavy atom. The highest BCUT2D eigenvalue weighted by molar-refractivity contribution is 5.83. The number of nitrogens with zero attached hydrogens (tertiary/aromatic N) is 10. The molecule has 3 N–H and O–H groups in total. The Morgan fingerprint density at radius 3 is 2.69 bits per heavy atom. The molecule has 13 nitrogen and oxygen atoms in total. The summed E-state index contributed by atoms with van der Waals surface area (Å²) in [5, 5.41) is 11.2. The molecule has 0 aliphatic carbocycles. The minimum atomic E-state index is -0.899. The van der Waals surface area contributed by atoms with Crippen molar-refractivity contribution in [2.45, 2.75) is 31.5 Å². The first-order chi connectivity index (χ1) is 16.9. The molecule has 5 rings (SSSR count). The number of nitrogen functional groups attached to an aromatic ring is 1. The fraction of sp³-hybridized carbons (Fsp3) is 0.545. The number of rotatable bonds is 8. The number of anilines is 2. The zero-order chi connectivity index (χ0) is 24.6. The molecule has 0 aromatic carbocycles. The number of hydrogen-bond donors (Lipinski definition) is 2. The molecule has 186 valence electrons. The monoisotopic (exact) mass is 481 g/mol. The van der Waals surface area contributed by atoms with E-state index in [-0.39, 0.29) is 6.04 Å². The van der Waals surface area contributed by atoms with Gasteiger partial charge in [0.1, 0.15) is 18.2 Å². The average Bonchev–Trinajstić information content (AvgIpc) is 3.46. The van der Waals surface area contributed by atoms with Gasteiger partial charge >= 0.3 is 0 Å². The summed E-state index contributed by atoms with van der Waals surface area (Å²) in [6, 6.07) is -0.219. The molecule has 0 spiro atoms. The zero-order valence-corrected chi connectivity index (χ0v) is 20.2. The molecular formula is C22H31N11O2. The van der Waals surface area contributed by atoms with Gasteiger partial charge in [-0.3, -0.25) is 4.90 Å². The van der Waals surface area contributed by atoms with E-state index in [1.54, 1.807) is 26.1 Å². The van der Waals surface area contributed by atoms with Crippen LogP contribution in [0.4, 0.5) is 11.6 Å². The predicted octanol–water partition coefficient (Wildman–Crippen LogP) is 0.329. The van der Waals surface area contributed by atoms with Crippen molar-refractivity contribution in [3.63, 3.8) is 0 Å². The normalized spacial score (nSPS) is 21.2. The van der Waals surface area contributed by atoms with Crippen LogP contribution in [-0.4, -0.2) is 102 Å². The SMILES string of the molecule is COCCn1cnc2c(N(C)CCN3CC[C@@](C)(O)[C@H](n4cnc5c(N)ncnc54)C3)ncnc21. The van der Waals surface area contributed by atoms with Crippen molar-refractivity contribution in [3.8, 4) is 0 Å². The molecular weight excluding hydrogens is 450 g/mol. The summed E-state index contributed by atoms with van der Waals surface area (Å²) in [4.78, 5) is 30.7. The third kappa shape index (κ3) is 4.37. The van der Waals surface area contributed by atoms with Crippen LogP contribution in [0.2, 0.25) is 0 Å². The molecule has 4 aromatic rings. The maximum absolute atomic E-state index is 11.2. The van der Waals surface area contributed by atoms with E-state index in [2.05, 4.69) is 39.7 Å². The van der Waals surface area contributed by atoms with Crippen LogP contribution in [0, 0.1) is 0 Å². The van der Waals surface area contributed by atoms with Crippen molar-refractivity contribution < 1.29 is 9.84 Å². The van der Waals surface area contributed by atoms with Crippen molar-refractivity contribution in [2.24, 2.45) is 0 Å². The molecule has 0 amide bonds. The number of hydrogen-bond acceptors (Lipinski definition) is 11.